The molecule has 168 valence electrons. The van der Waals surface area contributed by atoms with Crippen LogP contribution in [0, 0.1) is 0 Å². The fourth-order valence-electron chi connectivity index (χ4n) is 4.28. The van der Waals surface area contributed by atoms with E-state index < -0.39 is 0 Å². The lowest BCUT2D eigenvalue weighted by Crippen LogP contribution is -2.37. The van der Waals surface area contributed by atoms with Crippen LogP contribution in [-0.4, -0.2) is 83.7 Å². The maximum absolute atomic E-state index is 2.72. The lowest BCUT2D eigenvalue weighted by atomic mass is 10.1. The molecule has 0 amide bonds. The van der Waals surface area contributed by atoms with Crippen LogP contribution in [0.3, 0.4) is 0 Å². The molecule has 0 aromatic heterocycles. The van der Waals surface area contributed by atoms with Gasteiger partial charge in [0.25, 0.3) is 0 Å². The third-order valence-electron chi connectivity index (χ3n) is 6.73. The monoisotopic (exact) mass is 405 g/mol. The van der Waals surface area contributed by atoms with E-state index in [4.69, 9.17) is 0 Å². The second-order valence-electron chi connectivity index (χ2n) is 8.98. The first-order chi connectivity index (χ1) is 14.0. The minimum atomic E-state index is 0.502. The van der Waals surface area contributed by atoms with Crippen LogP contribution in [0.25, 0.3) is 0 Å². The molecule has 2 aliphatic heterocycles. The normalized spacial score (nSPS) is 21.4. The van der Waals surface area contributed by atoms with Crippen molar-refractivity contribution < 1.29 is 0 Å². The zero-order chi connectivity index (χ0) is 21.1. The molecule has 2 heterocycles. The molecule has 0 saturated heterocycles. The van der Waals surface area contributed by atoms with Gasteiger partial charge in [0.2, 0.25) is 0 Å². The Balaban J connectivity index is 1.68. The quantitative estimate of drug-likeness (QED) is 0.370. The Labute approximate surface area is 181 Å². The van der Waals surface area contributed by atoms with Crippen LogP contribution in [0.4, 0.5) is 0 Å². The molecule has 0 spiro atoms. The SMILES string of the molecule is CCCCCCCCN(CCCN1C=CN(C)C1C)CCCN1C=CN(C)C1C. The molecular weight excluding hydrogens is 358 g/mol. The molecule has 5 heteroatoms. The highest BCUT2D eigenvalue weighted by atomic mass is 15.4. The standard InChI is InChI=1S/C24H47N5/c1-6-7-8-9-10-11-14-27(15-12-17-28-21-19-25(4)23(28)2)16-13-18-29-22-20-26(5)24(29)3/h19-24H,6-18H2,1-5H3. The summed E-state index contributed by atoms with van der Waals surface area (Å²) >= 11 is 0. The van der Waals surface area contributed by atoms with Crippen molar-refractivity contribution in [2.24, 2.45) is 0 Å². The third-order valence-corrected chi connectivity index (χ3v) is 6.73. The summed E-state index contributed by atoms with van der Waals surface area (Å²) in [7, 11) is 4.33. The minimum Gasteiger partial charge on any atom is -0.359 e. The molecular formula is C24H47N5. The van der Waals surface area contributed by atoms with E-state index in [2.05, 4.69) is 84.2 Å². The summed E-state index contributed by atoms with van der Waals surface area (Å²) in [6.07, 6.45) is 20.7. The Bertz CT molecular complexity index is 456. The summed E-state index contributed by atoms with van der Waals surface area (Å²) in [6.45, 7) is 12.9. The Morgan fingerprint density at radius 2 is 1.07 bits per heavy atom. The zero-order valence-electron chi connectivity index (χ0n) is 19.9. The first-order valence-electron chi connectivity index (χ1n) is 12.1. The lowest BCUT2D eigenvalue weighted by Gasteiger charge is -2.30. The Morgan fingerprint density at radius 1 is 0.621 bits per heavy atom. The largest absolute Gasteiger partial charge is 0.359 e. The van der Waals surface area contributed by atoms with Crippen molar-refractivity contribution in [1.82, 2.24) is 24.5 Å². The van der Waals surface area contributed by atoms with Crippen LogP contribution in [0.5, 0.6) is 0 Å². The van der Waals surface area contributed by atoms with Gasteiger partial charge in [-0.25, -0.2) is 0 Å². The van der Waals surface area contributed by atoms with Crippen molar-refractivity contribution in [2.45, 2.75) is 84.5 Å². The van der Waals surface area contributed by atoms with Crippen LogP contribution < -0.4 is 0 Å². The second-order valence-corrected chi connectivity index (χ2v) is 8.98. The molecule has 0 radical (unpaired) electrons. The van der Waals surface area contributed by atoms with Gasteiger partial charge in [-0.15, -0.1) is 0 Å². The van der Waals surface area contributed by atoms with E-state index in [0.717, 1.165) is 13.1 Å². The highest BCUT2D eigenvalue weighted by molar-refractivity contribution is 4.94. The fourth-order valence-corrected chi connectivity index (χ4v) is 4.28. The lowest BCUT2D eigenvalue weighted by molar-refractivity contribution is 0.169. The van der Waals surface area contributed by atoms with Gasteiger partial charge in [-0.1, -0.05) is 39.0 Å². The molecule has 2 aliphatic rings. The molecule has 2 atom stereocenters. The Kier molecular flexibility index (Phi) is 10.8. The van der Waals surface area contributed by atoms with Gasteiger partial charge in [-0.3, -0.25) is 0 Å². The first-order valence-corrected chi connectivity index (χ1v) is 12.1. The zero-order valence-corrected chi connectivity index (χ0v) is 19.9. The first kappa shape index (κ1) is 23.9. The summed E-state index contributed by atoms with van der Waals surface area (Å²) < 4.78 is 0. The van der Waals surface area contributed by atoms with Crippen molar-refractivity contribution in [1.29, 1.82) is 0 Å². The maximum Gasteiger partial charge on any atom is 0.0974 e. The average molecular weight is 406 g/mol. The van der Waals surface area contributed by atoms with Crippen molar-refractivity contribution in [3.8, 4) is 0 Å². The van der Waals surface area contributed by atoms with Gasteiger partial charge in [-0.05, 0) is 52.7 Å². The molecule has 5 nitrogen and oxygen atoms in total. The van der Waals surface area contributed by atoms with E-state index >= 15 is 0 Å². The molecule has 0 N–H and O–H groups in total. The number of unbranched alkanes of at least 4 members (excludes halogenated alkanes) is 5. The van der Waals surface area contributed by atoms with Crippen LogP contribution in [0.1, 0.15) is 72.1 Å². The van der Waals surface area contributed by atoms with Crippen LogP contribution in [-0.2, 0) is 0 Å². The third kappa shape index (κ3) is 8.12. The van der Waals surface area contributed by atoms with Gasteiger partial charge in [0.1, 0.15) is 0 Å². The summed E-state index contributed by atoms with van der Waals surface area (Å²) in [4.78, 5) is 12.2. The van der Waals surface area contributed by atoms with E-state index in [1.165, 1.54) is 71.0 Å². The van der Waals surface area contributed by atoms with Crippen molar-refractivity contribution >= 4 is 0 Å². The molecule has 2 rings (SSSR count). The van der Waals surface area contributed by atoms with E-state index in [1.54, 1.807) is 0 Å². The molecule has 0 saturated carbocycles. The summed E-state index contributed by atoms with van der Waals surface area (Å²) in [6, 6.07) is 0. The summed E-state index contributed by atoms with van der Waals surface area (Å²) in [5, 5.41) is 0. The molecule has 0 bridgehead atoms. The average Bonchev–Trinajstić information content (AvgIpc) is 3.20. The Hall–Kier alpha value is -1.36. The minimum absolute atomic E-state index is 0.502. The van der Waals surface area contributed by atoms with Gasteiger partial charge >= 0.3 is 0 Å². The maximum atomic E-state index is 2.72. The molecule has 29 heavy (non-hydrogen) atoms. The van der Waals surface area contributed by atoms with Crippen LogP contribution in [0.15, 0.2) is 24.8 Å². The second kappa shape index (κ2) is 13.0. The van der Waals surface area contributed by atoms with E-state index in [1.807, 2.05) is 0 Å². The molecule has 0 aromatic carbocycles. The molecule has 0 aliphatic carbocycles. The van der Waals surface area contributed by atoms with Gasteiger partial charge in [0.05, 0.1) is 12.3 Å². The van der Waals surface area contributed by atoms with Gasteiger partial charge in [0, 0.05) is 52.0 Å². The van der Waals surface area contributed by atoms with Gasteiger partial charge in [0.15, 0.2) is 0 Å². The fraction of sp³-hybridized carbons (Fsp3) is 0.833. The molecule has 2 unspecified atom stereocenters. The van der Waals surface area contributed by atoms with Crippen LogP contribution in [0.2, 0.25) is 0 Å². The topological polar surface area (TPSA) is 16.2 Å². The van der Waals surface area contributed by atoms with Crippen LogP contribution >= 0.6 is 0 Å². The van der Waals surface area contributed by atoms with Crippen molar-refractivity contribution in [3.05, 3.63) is 24.8 Å². The number of nitrogens with zero attached hydrogens (tertiary/aromatic N) is 5. The Morgan fingerprint density at radius 3 is 1.52 bits per heavy atom. The number of hydrogen-bond acceptors (Lipinski definition) is 5. The number of hydrogen-bond donors (Lipinski definition) is 0. The predicted molar refractivity (Wildman–Crippen MR) is 125 cm³/mol. The van der Waals surface area contributed by atoms with Gasteiger partial charge in [-0.2, -0.15) is 0 Å². The highest BCUT2D eigenvalue weighted by Crippen LogP contribution is 2.15. The van der Waals surface area contributed by atoms with Gasteiger partial charge < -0.3 is 24.5 Å². The summed E-state index contributed by atoms with van der Waals surface area (Å²) in [5.41, 5.74) is 0. The highest BCUT2D eigenvalue weighted by Gasteiger charge is 2.19. The summed E-state index contributed by atoms with van der Waals surface area (Å²) in [5.74, 6) is 0. The van der Waals surface area contributed by atoms with Crippen molar-refractivity contribution in [2.75, 3.05) is 46.8 Å². The number of rotatable bonds is 15. The molecule has 0 fully saturated rings. The van der Waals surface area contributed by atoms with E-state index in [9.17, 15) is 0 Å². The van der Waals surface area contributed by atoms with E-state index in [0.29, 0.717) is 12.3 Å². The smallest absolute Gasteiger partial charge is 0.0974 e. The predicted octanol–water partition coefficient (Wildman–Crippen LogP) is 4.56. The van der Waals surface area contributed by atoms with E-state index in [-0.39, 0.29) is 0 Å². The molecule has 0 aromatic rings. The van der Waals surface area contributed by atoms with Crippen molar-refractivity contribution in [3.63, 3.8) is 0 Å².